The molecule has 10 heteroatoms. The van der Waals surface area contributed by atoms with Gasteiger partial charge in [-0.2, -0.15) is 0 Å². The fraction of sp³-hybridized carbons (Fsp3) is 0.0769. The number of benzene rings is 12. The summed E-state index contributed by atoms with van der Waals surface area (Å²) >= 11 is 0. The molecule has 0 aliphatic carbocycles. The average Bonchev–Trinajstić information content (AvgIpc) is 2.34. The minimum atomic E-state index is -3.41. The van der Waals surface area contributed by atoms with E-state index in [0.717, 1.165) is 44.0 Å². The van der Waals surface area contributed by atoms with Crippen LogP contribution < -0.4 is 62.2 Å². The zero-order chi connectivity index (χ0) is 60.0. The van der Waals surface area contributed by atoms with E-state index < -0.39 is 33.8 Å². The third kappa shape index (κ3) is 14.0. The highest BCUT2D eigenvalue weighted by Crippen LogP contribution is 2.23. The van der Waals surface area contributed by atoms with Gasteiger partial charge in [0.1, 0.15) is 0 Å². The molecule has 12 aromatic rings. The van der Waals surface area contributed by atoms with Crippen molar-refractivity contribution in [2.45, 2.75) is 39.0 Å². The number of aryl methyl sites for hydroxylation is 1. The van der Waals surface area contributed by atoms with Crippen LogP contribution in [0.25, 0.3) is 0 Å². The zero-order valence-corrected chi connectivity index (χ0v) is 55.7. The molecule has 0 aromatic heterocycles. The van der Waals surface area contributed by atoms with Gasteiger partial charge in [0.05, 0.1) is 0 Å². The lowest BCUT2D eigenvalue weighted by atomic mass is 10.1. The first-order chi connectivity index (χ1) is 43.6. The van der Waals surface area contributed by atoms with Gasteiger partial charge in [0.25, 0.3) is 36.2 Å². The Hall–Kier alpha value is -8.22. The normalized spacial score (nSPS) is 11.7. The Labute approximate surface area is 530 Å². The summed E-state index contributed by atoms with van der Waals surface area (Å²) in [5, 5.41) is 14.0. The minimum absolute atomic E-state index is 0.122. The first kappa shape index (κ1) is 61.4. The third-order valence-corrected chi connectivity index (χ3v) is 36.3. The fourth-order valence-electron chi connectivity index (χ4n) is 11.7. The van der Waals surface area contributed by atoms with Crippen molar-refractivity contribution in [3.8, 4) is 0 Å². The largest absolute Gasteiger partial charge is 0.426 e. The summed E-state index contributed by atoms with van der Waals surface area (Å²) in [5.74, 6) is 0. The molecule has 0 N–H and O–H groups in total. The average molecular weight is 1240 g/mol. The van der Waals surface area contributed by atoms with Crippen LogP contribution in [0.2, 0.25) is 0 Å². The van der Waals surface area contributed by atoms with Gasteiger partial charge >= 0.3 is 17.1 Å². The van der Waals surface area contributed by atoms with Crippen LogP contribution >= 0.6 is 0 Å². The smallest absolute Gasteiger partial charge is 0.387 e. The second kappa shape index (κ2) is 30.6. The van der Waals surface area contributed by atoms with Crippen molar-refractivity contribution in [2.24, 2.45) is 0 Å². The maximum Gasteiger partial charge on any atom is 0.387 e. The molecule has 12 rings (SSSR count). The standard InChI is InChI=1S/C42H42O2Si3.C36H30O2Si3/c1-2-3-4-10-23-36-24-21-22-35-42(36)46(38-27-13-6-14-28-38,39-29-15-7-16-30-39)44-47(40-31-17-8-18-32-40,41-33-19-9-20-34-41)43-45-37-25-11-5-12-26-37;1-7-19-31(20-8-1)39-37-41(35-27-15-5-16-28-35,36-29-17-6-18-30-36)38-40(32-21-9-2-10-22-32,33-23-11-3-12-24-33)34-25-13-4-14-26-34/h5-9,11-22,24-35H,2-4,10,23H2,1H3;1-30H. The molecule has 0 amide bonds. The van der Waals surface area contributed by atoms with Gasteiger partial charge in [0.2, 0.25) is 0 Å². The lowest BCUT2D eigenvalue weighted by Crippen LogP contribution is -2.79. The van der Waals surface area contributed by atoms with Crippen LogP contribution in [0.3, 0.4) is 0 Å². The van der Waals surface area contributed by atoms with E-state index >= 15 is 0 Å². The van der Waals surface area contributed by atoms with Crippen molar-refractivity contribution in [3.63, 3.8) is 0 Å². The van der Waals surface area contributed by atoms with E-state index in [1.54, 1.807) is 0 Å². The molecular formula is C78H72O4Si6. The molecule has 0 aliphatic heterocycles. The highest BCUT2D eigenvalue weighted by molar-refractivity contribution is 7.15. The van der Waals surface area contributed by atoms with Gasteiger partial charge in [0, 0.05) is 0 Å². The minimum Gasteiger partial charge on any atom is -0.426 e. The van der Waals surface area contributed by atoms with Crippen LogP contribution in [-0.2, 0) is 22.9 Å². The summed E-state index contributed by atoms with van der Waals surface area (Å²) in [6.07, 6.45) is 5.88. The number of unbranched alkanes of at least 4 members (excludes halogenated alkanes) is 3. The van der Waals surface area contributed by atoms with Crippen LogP contribution in [-0.4, -0.2) is 53.3 Å². The van der Waals surface area contributed by atoms with Gasteiger partial charge in [0.15, 0.2) is 0 Å². The maximum absolute atomic E-state index is 8.31. The van der Waals surface area contributed by atoms with Gasteiger partial charge in [-0.15, -0.1) is 0 Å². The number of hydrogen-bond acceptors (Lipinski definition) is 4. The Kier molecular flexibility index (Phi) is 21.4. The van der Waals surface area contributed by atoms with Crippen molar-refractivity contribution in [1.82, 2.24) is 0 Å². The highest BCUT2D eigenvalue weighted by Gasteiger charge is 2.55. The van der Waals surface area contributed by atoms with E-state index in [1.165, 1.54) is 55.9 Å². The number of rotatable bonds is 25. The summed E-state index contributed by atoms with van der Waals surface area (Å²) in [5.41, 5.74) is 1.37. The molecule has 0 atom stereocenters. The molecule has 4 nitrogen and oxygen atoms in total. The summed E-state index contributed by atoms with van der Waals surface area (Å²) in [6, 6.07) is 127. The third-order valence-electron chi connectivity index (χ3n) is 16.0. The predicted octanol–water partition coefficient (Wildman–Crippen LogP) is 9.90. The lowest BCUT2D eigenvalue weighted by molar-refractivity contribution is 0.441. The molecule has 4 radical (unpaired) electrons. The molecule has 0 fully saturated rings. The SMILES string of the molecule is CCCCCCc1ccccc1[Si](O[Si](O[Si]c1ccccc1)(c1ccccc1)c1ccccc1)(c1ccccc1)c1ccccc1.c1ccc([Si]O[Si](O[Si](c2ccccc2)(c2ccccc2)c2ccccc2)(c2ccccc2)c2ccccc2)cc1. The Morgan fingerprint density at radius 2 is 0.500 bits per heavy atom. The molecular weight excluding hydrogens is 1170 g/mol. The van der Waals surface area contributed by atoms with E-state index in [0.29, 0.717) is 0 Å². The van der Waals surface area contributed by atoms with Gasteiger partial charge in [-0.1, -0.05) is 384 Å². The molecule has 0 spiro atoms. The molecule has 432 valence electrons. The Bertz CT molecular complexity index is 3730. The molecule has 12 aromatic carbocycles. The van der Waals surface area contributed by atoms with E-state index in [9.17, 15) is 0 Å². The van der Waals surface area contributed by atoms with Crippen molar-refractivity contribution in [1.29, 1.82) is 0 Å². The van der Waals surface area contributed by atoms with Crippen LogP contribution in [0.5, 0.6) is 0 Å². The lowest BCUT2D eigenvalue weighted by Gasteiger charge is -2.43. The quantitative estimate of drug-likeness (QED) is 0.0325. The predicted molar refractivity (Wildman–Crippen MR) is 380 cm³/mol. The highest BCUT2D eigenvalue weighted by atomic mass is 28.5. The molecule has 0 saturated carbocycles. The van der Waals surface area contributed by atoms with Crippen LogP contribution in [0.15, 0.2) is 358 Å². The van der Waals surface area contributed by atoms with Crippen LogP contribution in [0.4, 0.5) is 0 Å². The van der Waals surface area contributed by atoms with E-state index in [4.69, 9.17) is 16.5 Å². The van der Waals surface area contributed by atoms with Crippen LogP contribution in [0.1, 0.15) is 38.2 Å². The molecule has 88 heavy (non-hydrogen) atoms. The Morgan fingerprint density at radius 1 is 0.250 bits per heavy atom. The molecule has 0 saturated heterocycles. The topological polar surface area (TPSA) is 36.9 Å². The molecule has 0 unspecified atom stereocenters. The summed E-state index contributed by atoms with van der Waals surface area (Å²) in [7, 11) is -12.9. The molecule has 0 bridgehead atoms. The zero-order valence-electron chi connectivity index (χ0n) is 49.7. The second-order valence-corrected chi connectivity index (χ2v) is 37.5. The second-order valence-electron chi connectivity index (χ2n) is 21.7. The molecule has 0 aliphatic rings. The Balaban J connectivity index is 0.000000184. The van der Waals surface area contributed by atoms with Gasteiger partial charge in [-0.05, 0) is 80.6 Å². The fourth-order valence-corrected chi connectivity index (χ4v) is 35.0. The summed E-state index contributed by atoms with van der Waals surface area (Å²) < 4.78 is 31.1. The first-order valence-electron chi connectivity index (χ1n) is 30.5. The van der Waals surface area contributed by atoms with E-state index in [1.807, 2.05) is 6.07 Å². The van der Waals surface area contributed by atoms with Crippen molar-refractivity contribution in [3.05, 3.63) is 363 Å². The van der Waals surface area contributed by atoms with E-state index in [-0.39, 0.29) is 19.5 Å². The van der Waals surface area contributed by atoms with Crippen molar-refractivity contribution in [2.75, 3.05) is 0 Å². The Morgan fingerprint density at radius 3 is 0.807 bits per heavy atom. The monoisotopic (exact) mass is 1240 g/mol. The molecule has 0 heterocycles. The van der Waals surface area contributed by atoms with Gasteiger partial charge < -0.3 is 16.5 Å². The summed E-state index contributed by atoms with van der Waals surface area (Å²) in [4.78, 5) is 0. The maximum atomic E-state index is 8.31. The van der Waals surface area contributed by atoms with E-state index in [2.05, 4.69) is 359 Å². The van der Waals surface area contributed by atoms with Crippen molar-refractivity contribution < 1.29 is 16.5 Å². The van der Waals surface area contributed by atoms with Gasteiger partial charge in [-0.3, -0.25) is 0 Å². The van der Waals surface area contributed by atoms with Gasteiger partial charge in [-0.25, -0.2) is 0 Å². The summed E-state index contributed by atoms with van der Waals surface area (Å²) in [6.45, 7) is 2.28. The number of hydrogen-bond donors (Lipinski definition) is 0. The van der Waals surface area contributed by atoms with Crippen molar-refractivity contribution >= 4 is 116 Å². The van der Waals surface area contributed by atoms with Crippen LogP contribution in [0, 0.1) is 0 Å². The first-order valence-corrected chi connectivity index (χ1v) is 39.8.